The average molecular weight is 245 g/mol. The number of nitrogens with zero attached hydrogens (tertiary/aromatic N) is 1. The molecule has 5 nitrogen and oxygen atoms in total. The van der Waals surface area contributed by atoms with Crippen LogP contribution in [0.4, 0.5) is 11.5 Å². The topological polar surface area (TPSA) is 88.2 Å². The van der Waals surface area contributed by atoms with Crippen molar-refractivity contribution >= 4 is 28.2 Å². The molecular formula is C13H15N3O2. The van der Waals surface area contributed by atoms with Gasteiger partial charge in [-0.15, -0.1) is 0 Å². The van der Waals surface area contributed by atoms with E-state index in [9.17, 15) is 4.79 Å². The van der Waals surface area contributed by atoms with Gasteiger partial charge in [-0.25, -0.2) is 4.98 Å². The Labute approximate surface area is 105 Å². The second-order valence-corrected chi connectivity index (χ2v) is 4.03. The number of aromatic nitrogens is 1. The molecule has 0 fully saturated rings. The second kappa shape index (κ2) is 5.35. The zero-order valence-electron chi connectivity index (χ0n) is 9.89. The molecule has 18 heavy (non-hydrogen) atoms. The lowest BCUT2D eigenvalue weighted by molar-refractivity contribution is -0.137. The first-order valence-electron chi connectivity index (χ1n) is 5.77. The van der Waals surface area contributed by atoms with Crippen LogP contribution >= 0.6 is 0 Å². The van der Waals surface area contributed by atoms with Gasteiger partial charge in [0.25, 0.3) is 0 Å². The maximum atomic E-state index is 10.4. The number of benzene rings is 1. The molecule has 0 spiro atoms. The van der Waals surface area contributed by atoms with Gasteiger partial charge >= 0.3 is 5.97 Å². The number of anilines is 2. The van der Waals surface area contributed by atoms with Crippen LogP contribution in [0.25, 0.3) is 10.8 Å². The second-order valence-electron chi connectivity index (χ2n) is 4.03. The van der Waals surface area contributed by atoms with Gasteiger partial charge < -0.3 is 16.2 Å². The maximum absolute atomic E-state index is 10.4. The van der Waals surface area contributed by atoms with Gasteiger partial charge in [0.15, 0.2) is 0 Å². The van der Waals surface area contributed by atoms with E-state index in [1.807, 2.05) is 24.3 Å². The number of aliphatic carboxylic acids is 1. The lowest BCUT2D eigenvalue weighted by Gasteiger charge is -2.09. The normalized spacial score (nSPS) is 10.4. The molecule has 0 amide bonds. The molecule has 0 aliphatic heterocycles. The van der Waals surface area contributed by atoms with Gasteiger partial charge in [0, 0.05) is 35.6 Å². The zero-order chi connectivity index (χ0) is 13.0. The van der Waals surface area contributed by atoms with Crippen LogP contribution in [0.15, 0.2) is 30.5 Å². The lowest BCUT2D eigenvalue weighted by Crippen LogP contribution is -2.06. The van der Waals surface area contributed by atoms with Crippen molar-refractivity contribution in [1.82, 2.24) is 4.98 Å². The van der Waals surface area contributed by atoms with E-state index < -0.39 is 5.97 Å². The number of pyridine rings is 1. The van der Waals surface area contributed by atoms with Crippen LogP contribution in [0, 0.1) is 0 Å². The van der Waals surface area contributed by atoms with Crippen LogP contribution in [-0.4, -0.2) is 22.6 Å². The molecular weight excluding hydrogens is 230 g/mol. The molecule has 0 saturated carbocycles. The van der Waals surface area contributed by atoms with E-state index in [0.717, 1.165) is 16.6 Å². The van der Waals surface area contributed by atoms with Crippen LogP contribution in [-0.2, 0) is 4.79 Å². The fourth-order valence-corrected chi connectivity index (χ4v) is 1.82. The van der Waals surface area contributed by atoms with Crippen molar-refractivity contribution in [3.63, 3.8) is 0 Å². The summed E-state index contributed by atoms with van der Waals surface area (Å²) in [5.41, 5.74) is 6.60. The Morgan fingerprint density at radius 3 is 2.94 bits per heavy atom. The van der Waals surface area contributed by atoms with Gasteiger partial charge in [-0.05, 0) is 18.6 Å². The first-order chi connectivity index (χ1) is 8.68. The van der Waals surface area contributed by atoms with Crippen LogP contribution in [0.3, 0.4) is 0 Å². The summed E-state index contributed by atoms with van der Waals surface area (Å²) >= 11 is 0. The van der Waals surface area contributed by atoms with Crippen molar-refractivity contribution in [2.45, 2.75) is 12.8 Å². The first kappa shape index (κ1) is 12.2. The summed E-state index contributed by atoms with van der Waals surface area (Å²) in [6, 6.07) is 7.53. The molecule has 5 heteroatoms. The van der Waals surface area contributed by atoms with Gasteiger partial charge in [-0.3, -0.25) is 4.79 Å². The number of hydrogen-bond donors (Lipinski definition) is 3. The molecule has 0 atom stereocenters. The molecule has 0 aliphatic carbocycles. The molecule has 0 radical (unpaired) electrons. The molecule has 4 N–H and O–H groups in total. The van der Waals surface area contributed by atoms with Crippen molar-refractivity contribution in [3.05, 3.63) is 30.5 Å². The molecule has 0 bridgehead atoms. The van der Waals surface area contributed by atoms with E-state index in [4.69, 9.17) is 10.8 Å². The predicted octanol–water partition coefficient (Wildman–Crippen LogP) is 2.09. The number of rotatable bonds is 5. The Balaban J connectivity index is 2.13. The first-order valence-corrected chi connectivity index (χ1v) is 5.77. The Morgan fingerprint density at radius 2 is 2.17 bits per heavy atom. The van der Waals surface area contributed by atoms with Gasteiger partial charge in [0.1, 0.15) is 5.82 Å². The van der Waals surface area contributed by atoms with Gasteiger partial charge in [-0.2, -0.15) is 0 Å². The largest absolute Gasteiger partial charge is 0.481 e. The monoisotopic (exact) mass is 245 g/mol. The number of nitrogens with two attached hydrogens (primary N) is 1. The maximum Gasteiger partial charge on any atom is 0.303 e. The molecule has 2 rings (SSSR count). The summed E-state index contributed by atoms with van der Waals surface area (Å²) in [5, 5.41) is 13.6. The molecule has 1 aromatic carbocycles. The van der Waals surface area contributed by atoms with E-state index in [2.05, 4.69) is 10.3 Å². The van der Waals surface area contributed by atoms with Crippen LogP contribution in [0.1, 0.15) is 12.8 Å². The summed E-state index contributed by atoms with van der Waals surface area (Å²) in [7, 11) is 0. The third-order valence-electron chi connectivity index (χ3n) is 2.70. The number of fused-ring (bicyclic) bond motifs is 1. The fourth-order valence-electron chi connectivity index (χ4n) is 1.82. The summed E-state index contributed by atoms with van der Waals surface area (Å²) in [6.45, 7) is 0.577. The summed E-state index contributed by atoms with van der Waals surface area (Å²) in [4.78, 5) is 14.7. The average Bonchev–Trinajstić information content (AvgIpc) is 2.35. The fraction of sp³-hybridized carbons (Fsp3) is 0.231. The number of carboxylic acids is 1. The third-order valence-corrected chi connectivity index (χ3v) is 2.70. The van der Waals surface area contributed by atoms with Crippen molar-refractivity contribution in [3.8, 4) is 0 Å². The molecule has 0 unspecified atom stereocenters. The van der Waals surface area contributed by atoms with Crippen molar-refractivity contribution in [1.29, 1.82) is 0 Å². The lowest BCUT2D eigenvalue weighted by atomic mass is 10.1. The standard InChI is InChI=1S/C13H15N3O2/c14-11-4-1-3-10-9(11)6-8-16-13(10)15-7-2-5-12(17)18/h1,3-4,6,8H,2,5,7,14H2,(H,15,16)(H,17,18). The summed E-state index contributed by atoms with van der Waals surface area (Å²) < 4.78 is 0. The highest BCUT2D eigenvalue weighted by Crippen LogP contribution is 2.25. The number of carboxylic acid groups (broad SMARTS) is 1. The third kappa shape index (κ3) is 2.68. The van der Waals surface area contributed by atoms with E-state index >= 15 is 0 Å². The quantitative estimate of drug-likeness (QED) is 0.554. The van der Waals surface area contributed by atoms with Crippen LogP contribution in [0.5, 0.6) is 0 Å². The van der Waals surface area contributed by atoms with Crippen molar-refractivity contribution < 1.29 is 9.90 Å². The number of carbonyl (C=O) groups is 1. The van der Waals surface area contributed by atoms with Gasteiger partial charge in [0.2, 0.25) is 0 Å². The molecule has 2 aromatic rings. The smallest absolute Gasteiger partial charge is 0.303 e. The highest BCUT2D eigenvalue weighted by Gasteiger charge is 2.04. The Hall–Kier alpha value is -2.30. The number of nitrogen functional groups attached to an aromatic ring is 1. The van der Waals surface area contributed by atoms with Crippen LogP contribution < -0.4 is 11.1 Å². The Bertz CT molecular complexity index is 569. The van der Waals surface area contributed by atoms with Crippen molar-refractivity contribution in [2.24, 2.45) is 0 Å². The zero-order valence-corrected chi connectivity index (χ0v) is 9.89. The SMILES string of the molecule is Nc1cccc2c(NCCCC(=O)O)nccc12. The summed E-state index contributed by atoms with van der Waals surface area (Å²) in [5.74, 6) is -0.0443. The number of hydrogen-bond acceptors (Lipinski definition) is 4. The molecule has 0 saturated heterocycles. The Kier molecular flexibility index (Phi) is 3.62. The molecule has 94 valence electrons. The highest BCUT2D eigenvalue weighted by molar-refractivity contribution is 5.99. The highest BCUT2D eigenvalue weighted by atomic mass is 16.4. The Morgan fingerprint density at radius 1 is 1.33 bits per heavy atom. The van der Waals surface area contributed by atoms with E-state index in [-0.39, 0.29) is 6.42 Å². The minimum atomic E-state index is -0.785. The van der Waals surface area contributed by atoms with Gasteiger partial charge in [0.05, 0.1) is 0 Å². The molecule has 1 heterocycles. The molecule has 1 aromatic heterocycles. The number of nitrogens with one attached hydrogen (secondary N) is 1. The van der Waals surface area contributed by atoms with Crippen LogP contribution in [0.2, 0.25) is 0 Å². The minimum Gasteiger partial charge on any atom is -0.481 e. The van der Waals surface area contributed by atoms with E-state index in [0.29, 0.717) is 18.7 Å². The van der Waals surface area contributed by atoms with Crippen molar-refractivity contribution in [2.75, 3.05) is 17.6 Å². The van der Waals surface area contributed by atoms with Gasteiger partial charge in [-0.1, -0.05) is 12.1 Å². The predicted molar refractivity (Wildman–Crippen MR) is 71.5 cm³/mol. The van der Waals surface area contributed by atoms with E-state index in [1.54, 1.807) is 6.20 Å². The summed E-state index contributed by atoms with van der Waals surface area (Å²) in [6.07, 6.45) is 2.41. The van der Waals surface area contributed by atoms with E-state index in [1.165, 1.54) is 0 Å². The minimum absolute atomic E-state index is 0.153. The molecule has 0 aliphatic rings.